The highest BCUT2D eigenvalue weighted by molar-refractivity contribution is 6.02. The Morgan fingerprint density at radius 3 is 2.43 bits per heavy atom. The van der Waals surface area contributed by atoms with Crippen LogP contribution in [0.5, 0.6) is 11.5 Å². The quantitative estimate of drug-likeness (QED) is 0.488. The third-order valence-corrected chi connectivity index (χ3v) is 2.54. The summed E-state index contributed by atoms with van der Waals surface area (Å²) in [6.07, 6.45) is 0.974. The van der Waals surface area contributed by atoms with Crippen LogP contribution in [-0.2, 0) is 4.79 Å². The van der Waals surface area contributed by atoms with Gasteiger partial charge in [0.15, 0.2) is 0 Å². The van der Waals surface area contributed by atoms with Gasteiger partial charge in [-0.2, -0.15) is 22.7 Å². The Morgan fingerprint density at radius 2 is 1.87 bits per heavy atom. The lowest BCUT2D eigenvalue weighted by atomic mass is 10.2. The number of nitrogens with one attached hydrogen (secondary N) is 1. The summed E-state index contributed by atoms with van der Waals surface area (Å²) in [6.45, 7) is -6.67. The molecule has 1 aromatic carbocycles. The van der Waals surface area contributed by atoms with Crippen LogP contribution in [0.4, 0.5) is 22.4 Å². The highest BCUT2D eigenvalue weighted by Gasteiger charge is 2.26. The Balaban J connectivity index is 2.22. The number of nitrogens with zero attached hydrogens (tertiary/aromatic N) is 2. The molecule has 0 atom stereocenters. The minimum Gasteiger partial charge on any atom is -0.435 e. The molecule has 1 saturated heterocycles. The zero-order valence-electron chi connectivity index (χ0n) is 11.2. The van der Waals surface area contributed by atoms with Crippen LogP contribution in [-0.4, -0.2) is 42.9 Å². The van der Waals surface area contributed by atoms with E-state index in [2.05, 4.69) is 14.6 Å². The molecule has 0 saturated carbocycles. The Labute approximate surface area is 126 Å². The van der Waals surface area contributed by atoms with Crippen LogP contribution in [0.15, 0.2) is 23.3 Å². The van der Waals surface area contributed by atoms with E-state index < -0.39 is 30.9 Å². The molecule has 0 radical (unpaired) electrons. The second-order valence-electron chi connectivity index (χ2n) is 4.11. The van der Waals surface area contributed by atoms with E-state index in [0.29, 0.717) is 0 Å². The van der Waals surface area contributed by atoms with Crippen molar-refractivity contribution in [2.45, 2.75) is 13.2 Å². The average molecular weight is 335 g/mol. The summed E-state index contributed by atoms with van der Waals surface area (Å²) in [6, 6.07) is 2.27. The van der Waals surface area contributed by atoms with Gasteiger partial charge in [0.2, 0.25) is 5.91 Å². The average Bonchev–Trinajstić information content (AvgIpc) is 2.75. The summed E-state index contributed by atoms with van der Waals surface area (Å²) in [5.41, 5.74) is -0.0286. The highest BCUT2D eigenvalue weighted by Crippen LogP contribution is 2.26. The number of imide groups is 1. The van der Waals surface area contributed by atoms with Crippen molar-refractivity contribution < 1.29 is 36.6 Å². The number of hydrazone groups is 1. The number of urea groups is 1. The van der Waals surface area contributed by atoms with Crippen LogP contribution in [0.1, 0.15) is 5.56 Å². The van der Waals surface area contributed by atoms with Crippen LogP contribution >= 0.6 is 0 Å². The fourth-order valence-electron chi connectivity index (χ4n) is 1.65. The zero-order valence-corrected chi connectivity index (χ0v) is 11.2. The molecule has 0 aliphatic carbocycles. The number of alkyl halides is 4. The predicted molar refractivity (Wildman–Crippen MR) is 67.5 cm³/mol. The highest BCUT2D eigenvalue weighted by atomic mass is 19.3. The van der Waals surface area contributed by atoms with E-state index >= 15 is 0 Å². The molecule has 23 heavy (non-hydrogen) atoms. The predicted octanol–water partition coefficient (Wildman–Crippen LogP) is 1.78. The number of benzene rings is 1. The van der Waals surface area contributed by atoms with E-state index in [4.69, 9.17) is 0 Å². The summed E-state index contributed by atoms with van der Waals surface area (Å²) in [4.78, 5) is 22.2. The first kappa shape index (κ1) is 16.5. The van der Waals surface area contributed by atoms with Gasteiger partial charge in [0.1, 0.15) is 18.0 Å². The van der Waals surface area contributed by atoms with Gasteiger partial charge in [-0.15, -0.1) is 0 Å². The van der Waals surface area contributed by atoms with E-state index in [1.54, 1.807) is 0 Å². The zero-order chi connectivity index (χ0) is 17.0. The molecule has 0 spiro atoms. The number of ether oxygens (including phenoxy) is 2. The van der Waals surface area contributed by atoms with Gasteiger partial charge < -0.3 is 9.47 Å². The van der Waals surface area contributed by atoms with Gasteiger partial charge in [-0.3, -0.25) is 10.1 Å². The van der Waals surface area contributed by atoms with Gasteiger partial charge in [0.05, 0.1) is 6.21 Å². The fraction of sp³-hybridized carbons (Fsp3) is 0.250. The summed E-state index contributed by atoms with van der Waals surface area (Å²) >= 11 is 0. The van der Waals surface area contributed by atoms with Gasteiger partial charge in [-0.1, -0.05) is 0 Å². The third kappa shape index (κ3) is 4.56. The molecule has 1 aliphatic rings. The number of amides is 3. The molecule has 1 heterocycles. The van der Waals surface area contributed by atoms with E-state index in [9.17, 15) is 27.2 Å². The molecule has 11 heteroatoms. The van der Waals surface area contributed by atoms with Crippen molar-refractivity contribution in [2.24, 2.45) is 5.10 Å². The maximum Gasteiger partial charge on any atom is 0.387 e. The van der Waals surface area contributed by atoms with E-state index in [-0.39, 0.29) is 17.9 Å². The summed E-state index contributed by atoms with van der Waals surface area (Å²) in [5.74, 6) is -1.44. The van der Waals surface area contributed by atoms with E-state index in [1.807, 2.05) is 5.32 Å². The smallest absolute Gasteiger partial charge is 0.387 e. The third-order valence-electron chi connectivity index (χ3n) is 2.54. The van der Waals surface area contributed by atoms with Gasteiger partial charge in [-0.05, 0) is 12.1 Å². The maximum atomic E-state index is 12.4. The van der Waals surface area contributed by atoms with E-state index in [1.165, 1.54) is 0 Å². The molecule has 2 rings (SSSR count). The topological polar surface area (TPSA) is 80.2 Å². The maximum absolute atomic E-state index is 12.4. The summed E-state index contributed by atoms with van der Waals surface area (Å²) in [5, 5.41) is 6.37. The van der Waals surface area contributed by atoms with Gasteiger partial charge >= 0.3 is 19.3 Å². The lowest BCUT2D eigenvalue weighted by Crippen LogP contribution is -2.24. The molecule has 0 aromatic heterocycles. The van der Waals surface area contributed by atoms with Crippen molar-refractivity contribution >= 4 is 18.2 Å². The summed E-state index contributed by atoms with van der Waals surface area (Å²) < 4.78 is 57.3. The molecular weight excluding hydrogens is 326 g/mol. The van der Waals surface area contributed by atoms with Crippen molar-refractivity contribution in [2.75, 3.05) is 6.54 Å². The largest absolute Gasteiger partial charge is 0.435 e. The molecule has 3 amide bonds. The van der Waals surface area contributed by atoms with Gasteiger partial charge in [0, 0.05) is 11.6 Å². The molecule has 124 valence electrons. The molecule has 1 fully saturated rings. The van der Waals surface area contributed by atoms with Gasteiger partial charge in [0.25, 0.3) is 0 Å². The van der Waals surface area contributed by atoms with E-state index in [0.717, 1.165) is 29.4 Å². The summed E-state index contributed by atoms with van der Waals surface area (Å²) in [7, 11) is 0. The first-order chi connectivity index (χ1) is 10.8. The number of halogens is 4. The number of hydrogen-bond acceptors (Lipinski definition) is 5. The lowest BCUT2D eigenvalue weighted by molar-refractivity contribution is -0.118. The number of hydrogen-bond donors (Lipinski definition) is 1. The number of rotatable bonds is 6. The minimum absolute atomic E-state index is 0.0286. The first-order valence-electron chi connectivity index (χ1n) is 6.04. The SMILES string of the molecule is O=C1CN(/N=C/c2ccc(OC(F)F)cc2OC(F)F)C(=O)N1. The standard InChI is InChI=1S/C12H9F4N3O4/c13-10(14)22-7-2-1-6(8(3-7)23-11(15)16)4-17-19-5-9(20)18-12(19)21/h1-4,10-11H,5H2,(H,18,20,21)/b17-4+. The number of carbonyl (C=O) groups is 2. The monoisotopic (exact) mass is 335 g/mol. The van der Waals surface area contributed by atoms with Crippen LogP contribution in [0.2, 0.25) is 0 Å². The normalized spacial score (nSPS) is 15.0. The molecule has 1 aromatic rings. The van der Waals surface area contributed by atoms with Crippen LogP contribution in [0, 0.1) is 0 Å². The minimum atomic E-state index is -3.21. The Bertz CT molecular complexity index is 639. The second kappa shape index (κ2) is 6.94. The van der Waals surface area contributed by atoms with Crippen molar-refractivity contribution in [1.29, 1.82) is 0 Å². The Hall–Kier alpha value is -2.85. The first-order valence-corrected chi connectivity index (χ1v) is 6.04. The molecule has 1 N–H and O–H groups in total. The van der Waals surface area contributed by atoms with Crippen LogP contribution < -0.4 is 14.8 Å². The Kier molecular flexibility index (Phi) is 4.98. The Morgan fingerprint density at radius 1 is 1.17 bits per heavy atom. The molecule has 0 bridgehead atoms. The molecular formula is C12H9F4N3O4. The fourth-order valence-corrected chi connectivity index (χ4v) is 1.65. The second-order valence-corrected chi connectivity index (χ2v) is 4.11. The van der Waals surface area contributed by atoms with Gasteiger partial charge in [-0.25, -0.2) is 9.80 Å². The molecule has 0 unspecified atom stereocenters. The molecule has 1 aliphatic heterocycles. The number of carbonyl (C=O) groups excluding carboxylic acids is 2. The lowest BCUT2D eigenvalue weighted by Gasteiger charge is -2.11. The van der Waals surface area contributed by atoms with Crippen LogP contribution in [0.25, 0.3) is 0 Å². The van der Waals surface area contributed by atoms with Crippen molar-refractivity contribution in [3.05, 3.63) is 23.8 Å². The van der Waals surface area contributed by atoms with Crippen molar-refractivity contribution in [3.63, 3.8) is 0 Å². The van der Waals surface area contributed by atoms with Crippen LogP contribution in [0.3, 0.4) is 0 Å². The molecule has 7 nitrogen and oxygen atoms in total. The van der Waals surface area contributed by atoms with Crippen molar-refractivity contribution in [3.8, 4) is 11.5 Å². The van der Waals surface area contributed by atoms with Crippen molar-refractivity contribution in [1.82, 2.24) is 10.3 Å².